The second-order valence-electron chi connectivity index (χ2n) is 4.85. The molecule has 0 radical (unpaired) electrons. The highest BCUT2D eigenvalue weighted by Gasteiger charge is 2.25. The van der Waals surface area contributed by atoms with Crippen LogP contribution in [-0.4, -0.2) is 18.4 Å². The number of anilines is 1. The molecule has 2 amide bonds. The lowest BCUT2D eigenvalue weighted by molar-refractivity contribution is -0.129. The van der Waals surface area contributed by atoms with E-state index >= 15 is 0 Å². The van der Waals surface area contributed by atoms with Gasteiger partial charge >= 0.3 is 0 Å². The first kappa shape index (κ1) is 12.6. The lowest BCUT2D eigenvalue weighted by Gasteiger charge is -2.21. The van der Waals surface area contributed by atoms with Crippen LogP contribution in [-0.2, 0) is 9.59 Å². The van der Waals surface area contributed by atoms with Gasteiger partial charge in [-0.2, -0.15) is 0 Å². The molecule has 0 spiro atoms. The maximum atomic E-state index is 12.1. The van der Waals surface area contributed by atoms with Gasteiger partial charge in [-0.15, -0.1) is 0 Å². The van der Waals surface area contributed by atoms with Crippen LogP contribution in [0.1, 0.15) is 24.0 Å². The third kappa shape index (κ3) is 2.88. The van der Waals surface area contributed by atoms with Gasteiger partial charge in [0.15, 0.2) is 0 Å². The second kappa shape index (κ2) is 5.21. The molecule has 1 heterocycles. The summed E-state index contributed by atoms with van der Waals surface area (Å²) in [6.07, 6.45) is 0.999. The molecule has 1 atom stereocenters. The molecule has 1 unspecified atom stereocenters. The largest absolute Gasteiger partial charge is 0.356 e. The SMILES string of the molecule is Cc1ccc(C)c(NC(=O)C2CCNC(=O)C2)c1. The number of carbonyl (C=O) groups is 2. The van der Waals surface area contributed by atoms with Crippen LogP contribution in [0.5, 0.6) is 0 Å². The van der Waals surface area contributed by atoms with Crippen molar-refractivity contribution >= 4 is 17.5 Å². The summed E-state index contributed by atoms with van der Waals surface area (Å²) in [4.78, 5) is 23.3. The molecule has 1 aliphatic rings. The minimum absolute atomic E-state index is 0.0395. The van der Waals surface area contributed by atoms with Gasteiger partial charge in [-0.25, -0.2) is 0 Å². The molecule has 1 aromatic rings. The van der Waals surface area contributed by atoms with E-state index in [1.54, 1.807) is 0 Å². The Hall–Kier alpha value is -1.84. The summed E-state index contributed by atoms with van der Waals surface area (Å²) in [6.45, 7) is 4.54. The minimum atomic E-state index is -0.210. The highest BCUT2D eigenvalue weighted by Crippen LogP contribution is 2.20. The standard InChI is InChI=1S/C14H18N2O2/c1-9-3-4-10(2)12(7-9)16-14(18)11-5-6-15-13(17)8-11/h3-4,7,11H,5-6,8H2,1-2H3,(H,15,17)(H,16,18). The number of hydrogen-bond acceptors (Lipinski definition) is 2. The van der Waals surface area contributed by atoms with Crippen LogP contribution in [0.15, 0.2) is 18.2 Å². The smallest absolute Gasteiger partial charge is 0.228 e. The van der Waals surface area contributed by atoms with Crippen molar-refractivity contribution in [1.29, 1.82) is 0 Å². The first-order valence-electron chi connectivity index (χ1n) is 6.21. The summed E-state index contributed by atoms with van der Waals surface area (Å²) in [5, 5.41) is 5.65. The minimum Gasteiger partial charge on any atom is -0.356 e. The Balaban J connectivity index is 2.06. The first-order chi connectivity index (χ1) is 8.56. The molecular weight excluding hydrogens is 228 g/mol. The van der Waals surface area contributed by atoms with Gasteiger partial charge in [-0.3, -0.25) is 9.59 Å². The Morgan fingerprint density at radius 2 is 2.17 bits per heavy atom. The lowest BCUT2D eigenvalue weighted by atomic mass is 9.96. The number of hydrogen-bond donors (Lipinski definition) is 2. The number of amides is 2. The van der Waals surface area contributed by atoms with Crippen molar-refractivity contribution in [3.05, 3.63) is 29.3 Å². The zero-order valence-electron chi connectivity index (χ0n) is 10.7. The Labute approximate surface area is 107 Å². The molecule has 18 heavy (non-hydrogen) atoms. The van der Waals surface area contributed by atoms with Gasteiger partial charge in [0.05, 0.1) is 0 Å². The molecule has 4 heteroatoms. The van der Waals surface area contributed by atoms with Crippen LogP contribution in [0.4, 0.5) is 5.69 Å². The van der Waals surface area contributed by atoms with E-state index in [9.17, 15) is 9.59 Å². The number of carbonyl (C=O) groups excluding carboxylic acids is 2. The highest BCUT2D eigenvalue weighted by molar-refractivity contribution is 5.96. The van der Waals surface area contributed by atoms with Gasteiger partial charge < -0.3 is 10.6 Å². The number of nitrogens with one attached hydrogen (secondary N) is 2. The molecule has 2 rings (SSSR count). The topological polar surface area (TPSA) is 58.2 Å². The average molecular weight is 246 g/mol. The molecule has 0 aromatic heterocycles. The first-order valence-corrected chi connectivity index (χ1v) is 6.21. The Morgan fingerprint density at radius 1 is 1.39 bits per heavy atom. The fourth-order valence-corrected chi connectivity index (χ4v) is 2.11. The molecule has 4 nitrogen and oxygen atoms in total. The number of piperidine rings is 1. The van der Waals surface area contributed by atoms with Gasteiger partial charge in [0, 0.05) is 24.6 Å². The maximum Gasteiger partial charge on any atom is 0.228 e. The Kier molecular flexibility index (Phi) is 3.65. The van der Waals surface area contributed by atoms with E-state index < -0.39 is 0 Å². The van der Waals surface area contributed by atoms with Crippen LogP contribution in [0.2, 0.25) is 0 Å². The fourth-order valence-electron chi connectivity index (χ4n) is 2.11. The third-order valence-electron chi connectivity index (χ3n) is 3.27. The van der Waals surface area contributed by atoms with E-state index in [0.29, 0.717) is 13.0 Å². The van der Waals surface area contributed by atoms with Gasteiger partial charge in [0.1, 0.15) is 0 Å². The predicted octanol–water partition coefficient (Wildman–Crippen LogP) is 1.77. The molecule has 0 saturated carbocycles. The van der Waals surface area contributed by atoms with Gasteiger partial charge in [-0.1, -0.05) is 12.1 Å². The second-order valence-corrected chi connectivity index (χ2v) is 4.85. The van der Waals surface area contributed by atoms with Crippen molar-refractivity contribution in [2.45, 2.75) is 26.7 Å². The van der Waals surface area contributed by atoms with Gasteiger partial charge in [0.2, 0.25) is 11.8 Å². The summed E-state index contributed by atoms with van der Waals surface area (Å²) >= 11 is 0. The molecule has 1 aliphatic heterocycles. The lowest BCUT2D eigenvalue weighted by Crippen LogP contribution is -2.38. The molecule has 0 bridgehead atoms. The molecule has 2 N–H and O–H groups in total. The van der Waals surface area contributed by atoms with Crippen molar-refractivity contribution in [3.63, 3.8) is 0 Å². The van der Waals surface area contributed by atoms with Crippen molar-refractivity contribution in [2.75, 3.05) is 11.9 Å². The van der Waals surface area contributed by atoms with Gasteiger partial charge in [0.25, 0.3) is 0 Å². The molecule has 1 aromatic carbocycles. The summed E-state index contributed by atoms with van der Waals surface area (Å²) in [5.41, 5.74) is 2.98. The average Bonchev–Trinajstić information content (AvgIpc) is 2.34. The normalized spacial score (nSPS) is 19.2. The fraction of sp³-hybridized carbons (Fsp3) is 0.429. The van der Waals surface area contributed by atoms with E-state index in [4.69, 9.17) is 0 Å². The van der Waals surface area contributed by atoms with Crippen LogP contribution in [0.3, 0.4) is 0 Å². The number of rotatable bonds is 2. The Morgan fingerprint density at radius 3 is 2.89 bits per heavy atom. The van der Waals surface area contributed by atoms with E-state index in [1.165, 1.54) is 0 Å². The zero-order chi connectivity index (χ0) is 13.1. The third-order valence-corrected chi connectivity index (χ3v) is 3.27. The number of benzene rings is 1. The van der Waals surface area contributed by atoms with Crippen LogP contribution >= 0.6 is 0 Å². The van der Waals surface area contributed by atoms with Crippen molar-refractivity contribution < 1.29 is 9.59 Å². The van der Waals surface area contributed by atoms with Crippen LogP contribution in [0, 0.1) is 19.8 Å². The summed E-state index contributed by atoms with van der Waals surface area (Å²) < 4.78 is 0. The molecule has 1 fully saturated rings. The summed E-state index contributed by atoms with van der Waals surface area (Å²) in [6, 6.07) is 5.95. The Bertz CT molecular complexity index is 483. The van der Waals surface area contributed by atoms with Crippen molar-refractivity contribution in [2.24, 2.45) is 5.92 Å². The van der Waals surface area contributed by atoms with E-state index in [2.05, 4.69) is 10.6 Å². The quantitative estimate of drug-likeness (QED) is 0.835. The predicted molar refractivity (Wildman–Crippen MR) is 70.3 cm³/mol. The highest BCUT2D eigenvalue weighted by atomic mass is 16.2. The zero-order valence-corrected chi connectivity index (χ0v) is 10.7. The van der Waals surface area contributed by atoms with Gasteiger partial charge in [-0.05, 0) is 37.5 Å². The molecule has 1 saturated heterocycles. The van der Waals surface area contributed by atoms with E-state index in [0.717, 1.165) is 16.8 Å². The van der Waals surface area contributed by atoms with Crippen molar-refractivity contribution in [1.82, 2.24) is 5.32 Å². The monoisotopic (exact) mass is 246 g/mol. The van der Waals surface area contributed by atoms with E-state index in [1.807, 2.05) is 32.0 Å². The van der Waals surface area contributed by atoms with E-state index in [-0.39, 0.29) is 24.2 Å². The van der Waals surface area contributed by atoms with Crippen molar-refractivity contribution in [3.8, 4) is 0 Å². The molecule has 0 aliphatic carbocycles. The summed E-state index contributed by atoms with van der Waals surface area (Å²) in [7, 11) is 0. The number of aryl methyl sites for hydroxylation is 2. The molecular formula is C14H18N2O2. The summed E-state index contributed by atoms with van der Waals surface area (Å²) in [5.74, 6) is -0.306. The maximum absolute atomic E-state index is 12.1. The van der Waals surface area contributed by atoms with Crippen LogP contribution in [0.25, 0.3) is 0 Å². The van der Waals surface area contributed by atoms with Crippen LogP contribution < -0.4 is 10.6 Å². The molecule has 96 valence electrons.